The van der Waals surface area contributed by atoms with E-state index >= 15 is 0 Å². The lowest BCUT2D eigenvalue weighted by Gasteiger charge is -2.23. The van der Waals surface area contributed by atoms with Crippen LogP contribution < -0.4 is 15.0 Å². The van der Waals surface area contributed by atoms with Crippen molar-refractivity contribution in [1.82, 2.24) is 0 Å². The van der Waals surface area contributed by atoms with Crippen LogP contribution >= 0.6 is 0 Å². The highest BCUT2D eigenvalue weighted by molar-refractivity contribution is 5.94. The van der Waals surface area contributed by atoms with Crippen LogP contribution in [-0.2, 0) is 4.79 Å². The van der Waals surface area contributed by atoms with Crippen LogP contribution in [0.2, 0.25) is 0 Å². The van der Waals surface area contributed by atoms with Gasteiger partial charge in [0.1, 0.15) is 5.75 Å². The number of likely N-dealkylation sites (N-methyl/N-ethyl adjacent to an activating group) is 1. The Morgan fingerprint density at radius 2 is 1.88 bits per heavy atom. The molecule has 128 valence electrons. The first-order valence-electron chi connectivity index (χ1n) is 8.36. The quantitative estimate of drug-likeness (QED) is 0.827. The summed E-state index contributed by atoms with van der Waals surface area (Å²) >= 11 is 0. The fourth-order valence-corrected chi connectivity index (χ4v) is 2.47. The Morgan fingerprint density at radius 3 is 2.46 bits per heavy atom. The summed E-state index contributed by atoms with van der Waals surface area (Å²) in [5.41, 5.74) is 3.02. The molecule has 0 saturated heterocycles. The number of carbonyl (C=O) groups is 1. The molecule has 0 aliphatic heterocycles. The summed E-state index contributed by atoms with van der Waals surface area (Å²) in [5.74, 6) is 0.772. The summed E-state index contributed by atoms with van der Waals surface area (Å²) in [6.07, 6.45) is 0.137. The molecular weight excluding hydrogens is 300 g/mol. The Balaban J connectivity index is 1.96. The summed E-state index contributed by atoms with van der Waals surface area (Å²) in [7, 11) is 0. The fourth-order valence-electron chi connectivity index (χ4n) is 2.47. The summed E-state index contributed by atoms with van der Waals surface area (Å²) in [6, 6.07) is 15.6. The molecule has 0 unspecified atom stereocenters. The minimum absolute atomic E-state index is 0.0316. The van der Waals surface area contributed by atoms with Gasteiger partial charge in [0.05, 0.1) is 12.6 Å². The van der Waals surface area contributed by atoms with Crippen LogP contribution in [0.4, 0.5) is 11.4 Å². The second-order valence-electron chi connectivity index (χ2n) is 6.09. The normalized spacial score (nSPS) is 10.5. The van der Waals surface area contributed by atoms with Crippen LogP contribution in [0.15, 0.2) is 48.5 Å². The standard InChI is InChI=1S/C20H26N2O2/c1-5-22(18-8-6-7-16(4)13-18)14-20(23)21-17-9-11-19(12-10-17)24-15(2)3/h6-13,15H,5,14H2,1-4H3,(H,21,23). The highest BCUT2D eigenvalue weighted by atomic mass is 16.5. The molecule has 4 heteroatoms. The number of anilines is 2. The number of ether oxygens (including phenoxy) is 1. The molecule has 24 heavy (non-hydrogen) atoms. The first-order valence-corrected chi connectivity index (χ1v) is 8.36. The highest BCUT2D eigenvalue weighted by Gasteiger charge is 2.10. The van der Waals surface area contributed by atoms with Gasteiger partial charge >= 0.3 is 0 Å². The molecular formula is C20H26N2O2. The number of carbonyl (C=O) groups excluding carboxylic acids is 1. The monoisotopic (exact) mass is 326 g/mol. The molecule has 0 aromatic heterocycles. The van der Waals surface area contributed by atoms with Crippen molar-refractivity contribution in [2.75, 3.05) is 23.3 Å². The predicted octanol–water partition coefficient (Wildman–Crippen LogP) is 4.25. The lowest BCUT2D eigenvalue weighted by atomic mass is 10.2. The number of nitrogens with one attached hydrogen (secondary N) is 1. The molecule has 0 spiro atoms. The van der Waals surface area contributed by atoms with E-state index in [1.165, 1.54) is 5.56 Å². The molecule has 0 saturated carbocycles. The Hall–Kier alpha value is -2.49. The van der Waals surface area contributed by atoms with Crippen LogP contribution in [0.25, 0.3) is 0 Å². The maximum atomic E-state index is 12.3. The Bertz CT molecular complexity index is 666. The first kappa shape index (κ1) is 17.9. The maximum Gasteiger partial charge on any atom is 0.243 e. The molecule has 4 nitrogen and oxygen atoms in total. The van der Waals surface area contributed by atoms with Gasteiger partial charge < -0.3 is 15.0 Å². The maximum absolute atomic E-state index is 12.3. The second kappa shape index (κ2) is 8.39. The Labute approximate surface area is 144 Å². The second-order valence-corrected chi connectivity index (χ2v) is 6.09. The van der Waals surface area contributed by atoms with E-state index in [9.17, 15) is 4.79 Å². The average molecular weight is 326 g/mol. The van der Waals surface area contributed by atoms with Gasteiger partial charge in [0.25, 0.3) is 0 Å². The van der Waals surface area contributed by atoms with Crippen LogP contribution in [0.3, 0.4) is 0 Å². The van der Waals surface area contributed by atoms with Crippen molar-refractivity contribution < 1.29 is 9.53 Å². The molecule has 0 atom stereocenters. The first-order chi connectivity index (χ1) is 11.5. The average Bonchev–Trinajstić information content (AvgIpc) is 2.54. The molecule has 0 heterocycles. The minimum atomic E-state index is -0.0316. The predicted molar refractivity (Wildman–Crippen MR) is 99.9 cm³/mol. The van der Waals surface area contributed by atoms with E-state index in [1.54, 1.807) is 0 Å². The number of rotatable bonds is 7. The van der Waals surface area contributed by atoms with Crippen LogP contribution in [0.5, 0.6) is 5.75 Å². The van der Waals surface area contributed by atoms with Crippen LogP contribution in [0.1, 0.15) is 26.3 Å². The highest BCUT2D eigenvalue weighted by Crippen LogP contribution is 2.18. The number of aryl methyl sites for hydroxylation is 1. The van der Waals surface area contributed by atoms with Gasteiger partial charge in [-0.1, -0.05) is 12.1 Å². The number of hydrogen-bond donors (Lipinski definition) is 1. The van der Waals surface area contributed by atoms with Gasteiger partial charge in [-0.3, -0.25) is 4.79 Å². The van der Waals surface area contributed by atoms with Gasteiger partial charge in [0.15, 0.2) is 0 Å². The lowest BCUT2D eigenvalue weighted by Crippen LogP contribution is -2.33. The molecule has 0 radical (unpaired) electrons. The van der Waals surface area contributed by atoms with Gasteiger partial charge in [-0.05, 0) is 69.7 Å². The summed E-state index contributed by atoms with van der Waals surface area (Å²) < 4.78 is 5.60. The SMILES string of the molecule is CCN(CC(=O)Nc1ccc(OC(C)C)cc1)c1cccc(C)c1. The smallest absolute Gasteiger partial charge is 0.243 e. The molecule has 2 aromatic carbocycles. The topological polar surface area (TPSA) is 41.6 Å². The molecule has 0 aliphatic carbocycles. The van der Waals surface area contributed by atoms with E-state index in [2.05, 4.69) is 29.3 Å². The zero-order valence-electron chi connectivity index (χ0n) is 14.9. The third kappa shape index (κ3) is 5.30. The number of hydrogen-bond acceptors (Lipinski definition) is 3. The molecule has 0 aliphatic rings. The molecule has 2 aromatic rings. The van der Waals surface area contributed by atoms with Gasteiger partial charge in [0.2, 0.25) is 5.91 Å². The van der Waals surface area contributed by atoms with E-state index in [0.717, 1.165) is 23.7 Å². The number of amides is 1. The van der Waals surface area contributed by atoms with Crippen LogP contribution in [0, 0.1) is 6.92 Å². The van der Waals surface area contributed by atoms with Gasteiger partial charge in [-0.15, -0.1) is 0 Å². The van der Waals surface area contributed by atoms with Gasteiger partial charge in [-0.2, -0.15) is 0 Å². The number of benzene rings is 2. The van der Waals surface area contributed by atoms with Crippen molar-refractivity contribution in [2.24, 2.45) is 0 Å². The lowest BCUT2D eigenvalue weighted by molar-refractivity contribution is -0.115. The van der Waals surface area contributed by atoms with Crippen LogP contribution in [-0.4, -0.2) is 25.1 Å². The summed E-state index contributed by atoms with van der Waals surface area (Å²) in [5, 5.41) is 2.94. The van der Waals surface area contributed by atoms with E-state index in [4.69, 9.17) is 4.74 Å². The van der Waals surface area contributed by atoms with E-state index in [-0.39, 0.29) is 12.0 Å². The minimum Gasteiger partial charge on any atom is -0.491 e. The van der Waals surface area contributed by atoms with E-state index in [1.807, 2.05) is 57.2 Å². The third-order valence-electron chi connectivity index (χ3n) is 3.59. The van der Waals surface area contributed by atoms with E-state index < -0.39 is 0 Å². The van der Waals surface area contributed by atoms with Gasteiger partial charge in [-0.25, -0.2) is 0 Å². The molecule has 1 N–H and O–H groups in total. The number of nitrogens with zero attached hydrogens (tertiary/aromatic N) is 1. The van der Waals surface area contributed by atoms with Crippen molar-refractivity contribution in [1.29, 1.82) is 0 Å². The zero-order valence-corrected chi connectivity index (χ0v) is 14.9. The zero-order chi connectivity index (χ0) is 17.5. The largest absolute Gasteiger partial charge is 0.491 e. The molecule has 2 rings (SSSR count). The van der Waals surface area contributed by atoms with Crippen molar-refractivity contribution in [3.05, 3.63) is 54.1 Å². The fraction of sp³-hybridized carbons (Fsp3) is 0.350. The van der Waals surface area contributed by atoms with E-state index in [0.29, 0.717) is 6.54 Å². The summed E-state index contributed by atoms with van der Waals surface area (Å²) in [4.78, 5) is 14.4. The van der Waals surface area contributed by atoms with Gasteiger partial charge in [0, 0.05) is 17.9 Å². The Kier molecular flexibility index (Phi) is 6.24. The van der Waals surface area contributed by atoms with Crippen molar-refractivity contribution in [3.63, 3.8) is 0 Å². The van der Waals surface area contributed by atoms with Crippen molar-refractivity contribution in [2.45, 2.75) is 33.8 Å². The molecule has 0 fully saturated rings. The molecule has 0 bridgehead atoms. The van der Waals surface area contributed by atoms with Crippen molar-refractivity contribution >= 4 is 17.3 Å². The third-order valence-corrected chi connectivity index (χ3v) is 3.59. The molecule has 1 amide bonds. The van der Waals surface area contributed by atoms with Crippen molar-refractivity contribution in [3.8, 4) is 5.75 Å². The Morgan fingerprint density at radius 1 is 1.17 bits per heavy atom. The summed E-state index contributed by atoms with van der Waals surface area (Å²) in [6.45, 7) is 9.18.